The molecule has 0 radical (unpaired) electrons. The first-order valence-electron chi connectivity index (χ1n) is 6.22. The van der Waals surface area contributed by atoms with E-state index < -0.39 is 5.97 Å². The number of aromatic nitrogens is 4. The third-order valence-corrected chi connectivity index (χ3v) is 3.17. The molecule has 0 bridgehead atoms. The van der Waals surface area contributed by atoms with Crippen molar-refractivity contribution in [1.29, 1.82) is 0 Å². The highest BCUT2D eigenvalue weighted by Gasteiger charge is 2.19. The first-order chi connectivity index (χ1) is 9.47. The lowest BCUT2D eigenvalue weighted by Gasteiger charge is -2.09. The summed E-state index contributed by atoms with van der Waals surface area (Å²) in [7, 11) is 0. The van der Waals surface area contributed by atoms with E-state index in [0.717, 1.165) is 10.0 Å². The van der Waals surface area contributed by atoms with Crippen LogP contribution in [0.25, 0.3) is 0 Å². The summed E-state index contributed by atoms with van der Waals surface area (Å²) in [5.41, 5.74) is 1.61. The molecular formula is C13H15BrN4O2. The minimum Gasteiger partial charge on any atom is -0.476 e. The van der Waals surface area contributed by atoms with Crippen LogP contribution in [0, 0.1) is 5.92 Å². The van der Waals surface area contributed by atoms with Gasteiger partial charge in [-0.2, -0.15) is 0 Å². The van der Waals surface area contributed by atoms with Gasteiger partial charge in [-0.15, -0.1) is 5.10 Å². The van der Waals surface area contributed by atoms with E-state index in [1.54, 1.807) is 17.1 Å². The maximum absolute atomic E-state index is 11.2. The van der Waals surface area contributed by atoms with Gasteiger partial charge in [0.25, 0.3) is 0 Å². The molecule has 2 aromatic rings. The molecule has 6 nitrogen and oxygen atoms in total. The number of pyridine rings is 1. The number of carboxylic acids is 1. The van der Waals surface area contributed by atoms with Gasteiger partial charge in [-0.25, -0.2) is 9.48 Å². The molecule has 0 aromatic carbocycles. The Bertz CT molecular complexity index is 625. The van der Waals surface area contributed by atoms with Gasteiger partial charge >= 0.3 is 5.97 Å². The van der Waals surface area contributed by atoms with Crippen molar-refractivity contribution in [3.05, 3.63) is 39.9 Å². The second-order valence-electron chi connectivity index (χ2n) is 4.96. The lowest BCUT2D eigenvalue weighted by atomic mass is 10.1. The van der Waals surface area contributed by atoms with Gasteiger partial charge in [0.2, 0.25) is 0 Å². The first-order valence-corrected chi connectivity index (χ1v) is 7.01. The molecule has 0 atom stereocenters. The van der Waals surface area contributed by atoms with E-state index in [-0.39, 0.29) is 5.69 Å². The van der Waals surface area contributed by atoms with E-state index in [2.05, 4.69) is 31.2 Å². The van der Waals surface area contributed by atoms with E-state index in [9.17, 15) is 4.79 Å². The van der Waals surface area contributed by atoms with E-state index in [1.807, 2.05) is 19.9 Å². The van der Waals surface area contributed by atoms with Crippen molar-refractivity contribution in [1.82, 2.24) is 20.0 Å². The standard InChI is InChI=1S/C13H15BrN4O2/c1-8(2)3-11-12(13(19)20)16-17-18(11)7-9-4-10(14)6-15-5-9/h4-6,8H,3,7H2,1-2H3,(H,19,20). The van der Waals surface area contributed by atoms with Crippen molar-refractivity contribution in [3.8, 4) is 0 Å². The molecule has 1 N–H and O–H groups in total. The lowest BCUT2D eigenvalue weighted by molar-refractivity contribution is 0.0689. The first kappa shape index (κ1) is 14.6. The lowest BCUT2D eigenvalue weighted by Crippen LogP contribution is -2.12. The van der Waals surface area contributed by atoms with Crippen LogP contribution in [0.1, 0.15) is 35.6 Å². The molecule has 2 rings (SSSR count). The Morgan fingerprint density at radius 1 is 1.45 bits per heavy atom. The van der Waals surface area contributed by atoms with Crippen molar-refractivity contribution in [2.45, 2.75) is 26.8 Å². The molecule has 7 heteroatoms. The van der Waals surface area contributed by atoms with Crippen molar-refractivity contribution < 1.29 is 9.90 Å². The van der Waals surface area contributed by atoms with E-state index in [0.29, 0.717) is 24.6 Å². The van der Waals surface area contributed by atoms with Gasteiger partial charge in [0.15, 0.2) is 5.69 Å². The van der Waals surface area contributed by atoms with Gasteiger partial charge in [0.1, 0.15) is 0 Å². The molecule has 0 spiro atoms. The van der Waals surface area contributed by atoms with Crippen LogP contribution in [0.2, 0.25) is 0 Å². The fourth-order valence-electron chi connectivity index (χ4n) is 1.93. The van der Waals surface area contributed by atoms with Crippen LogP contribution in [-0.2, 0) is 13.0 Å². The number of nitrogens with zero attached hydrogens (tertiary/aromatic N) is 4. The fraction of sp³-hybridized carbons (Fsp3) is 0.385. The van der Waals surface area contributed by atoms with Crippen molar-refractivity contribution in [2.75, 3.05) is 0 Å². The number of hydrogen-bond donors (Lipinski definition) is 1. The van der Waals surface area contributed by atoms with Gasteiger partial charge in [0, 0.05) is 16.9 Å². The molecule has 0 fully saturated rings. The average molecular weight is 339 g/mol. The number of rotatable bonds is 5. The third kappa shape index (κ3) is 3.41. The van der Waals surface area contributed by atoms with Crippen LogP contribution in [0.4, 0.5) is 0 Å². The number of hydrogen-bond acceptors (Lipinski definition) is 4. The molecule has 0 aliphatic rings. The second kappa shape index (κ2) is 6.13. The van der Waals surface area contributed by atoms with Crippen LogP contribution in [0.5, 0.6) is 0 Å². The summed E-state index contributed by atoms with van der Waals surface area (Å²) in [5.74, 6) is -0.717. The zero-order valence-corrected chi connectivity index (χ0v) is 12.8. The van der Waals surface area contributed by atoms with Gasteiger partial charge in [-0.1, -0.05) is 19.1 Å². The number of carbonyl (C=O) groups is 1. The van der Waals surface area contributed by atoms with Gasteiger partial charge < -0.3 is 5.11 Å². The summed E-state index contributed by atoms with van der Waals surface area (Å²) < 4.78 is 2.51. The fourth-order valence-corrected chi connectivity index (χ4v) is 2.34. The highest BCUT2D eigenvalue weighted by Crippen LogP contribution is 2.15. The van der Waals surface area contributed by atoms with E-state index in [1.165, 1.54) is 0 Å². The number of halogens is 1. The Balaban J connectivity index is 2.33. The topological polar surface area (TPSA) is 80.9 Å². The van der Waals surface area contributed by atoms with Crippen LogP contribution < -0.4 is 0 Å². The van der Waals surface area contributed by atoms with Gasteiger partial charge in [-0.3, -0.25) is 4.98 Å². The van der Waals surface area contributed by atoms with E-state index >= 15 is 0 Å². The molecule has 2 heterocycles. The Kier molecular flexibility index (Phi) is 4.49. The average Bonchev–Trinajstić information content (AvgIpc) is 2.72. The summed E-state index contributed by atoms with van der Waals surface area (Å²) in [6.45, 7) is 4.52. The Labute approximate surface area is 125 Å². The number of carboxylic acid groups (broad SMARTS) is 1. The summed E-state index contributed by atoms with van der Waals surface area (Å²) in [6, 6.07) is 1.92. The van der Waals surface area contributed by atoms with Gasteiger partial charge in [0.05, 0.1) is 12.2 Å². The summed E-state index contributed by atoms with van der Waals surface area (Å²) >= 11 is 3.36. The zero-order chi connectivity index (χ0) is 14.7. The molecule has 0 saturated heterocycles. The Morgan fingerprint density at radius 2 is 2.20 bits per heavy atom. The monoisotopic (exact) mass is 338 g/mol. The molecular weight excluding hydrogens is 324 g/mol. The minimum absolute atomic E-state index is 0.0293. The molecule has 0 unspecified atom stereocenters. The second-order valence-corrected chi connectivity index (χ2v) is 5.87. The highest BCUT2D eigenvalue weighted by molar-refractivity contribution is 9.10. The summed E-state index contributed by atoms with van der Waals surface area (Å²) in [4.78, 5) is 15.3. The van der Waals surface area contributed by atoms with Crippen molar-refractivity contribution >= 4 is 21.9 Å². The van der Waals surface area contributed by atoms with Crippen LogP contribution in [0.15, 0.2) is 22.9 Å². The molecule has 0 saturated carbocycles. The quantitative estimate of drug-likeness (QED) is 0.905. The molecule has 0 amide bonds. The van der Waals surface area contributed by atoms with Crippen molar-refractivity contribution in [3.63, 3.8) is 0 Å². The normalized spacial score (nSPS) is 11.0. The summed E-state index contributed by atoms with van der Waals surface area (Å²) in [6.07, 6.45) is 4.05. The predicted octanol–water partition coefficient (Wildman–Crippen LogP) is 2.38. The minimum atomic E-state index is -1.04. The van der Waals surface area contributed by atoms with Crippen LogP contribution in [0.3, 0.4) is 0 Å². The van der Waals surface area contributed by atoms with Crippen LogP contribution in [-0.4, -0.2) is 31.1 Å². The molecule has 2 aromatic heterocycles. The zero-order valence-electron chi connectivity index (χ0n) is 11.2. The largest absolute Gasteiger partial charge is 0.476 e. The SMILES string of the molecule is CC(C)Cc1c(C(=O)O)nnn1Cc1cncc(Br)c1. The molecule has 0 aliphatic carbocycles. The van der Waals surface area contributed by atoms with Crippen LogP contribution >= 0.6 is 15.9 Å². The molecule has 0 aliphatic heterocycles. The third-order valence-electron chi connectivity index (χ3n) is 2.74. The summed E-state index contributed by atoms with van der Waals surface area (Å²) in [5, 5.41) is 16.9. The smallest absolute Gasteiger partial charge is 0.358 e. The van der Waals surface area contributed by atoms with Gasteiger partial charge in [-0.05, 0) is 39.9 Å². The Morgan fingerprint density at radius 3 is 2.80 bits per heavy atom. The Hall–Kier alpha value is -1.76. The maximum atomic E-state index is 11.2. The van der Waals surface area contributed by atoms with Crippen molar-refractivity contribution in [2.24, 2.45) is 5.92 Å². The predicted molar refractivity (Wildman–Crippen MR) is 76.6 cm³/mol. The van der Waals surface area contributed by atoms with E-state index in [4.69, 9.17) is 5.11 Å². The number of aromatic carboxylic acids is 1. The highest BCUT2D eigenvalue weighted by atomic mass is 79.9. The maximum Gasteiger partial charge on any atom is 0.358 e. The molecule has 20 heavy (non-hydrogen) atoms. The molecule has 106 valence electrons.